The standard InChI is InChI=1S/C23H37NO2S/c1-18-13-15-22(16-14-18)27(25,26)24-23(21-11-7-4-8-12-21)19(2)17-20-9-5-3-6-10-20/h13-16,19-21,23-24H,3-12,17H2,1-2H3. The Hall–Kier alpha value is -0.870. The molecule has 2 aliphatic rings. The molecule has 0 saturated heterocycles. The summed E-state index contributed by atoms with van der Waals surface area (Å²) in [5, 5.41) is 0. The number of aryl methyl sites for hydroxylation is 1. The Balaban J connectivity index is 1.75. The van der Waals surface area contributed by atoms with Gasteiger partial charge in [-0.1, -0.05) is 76.0 Å². The summed E-state index contributed by atoms with van der Waals surface area (Å²) >= 11 is 0. The van der Waals surface area contributed by atoms with Gasteiger partial charge in [-0.3, -0.25) is 0 Å². The van der Waals surface area contributed by atoms with Crippen LogP contribution in [0.2, 0.25) is 0 Å². The van der Waals surface area contributed by atoms with E-state index in [1.165, 1.54) is 51.4 Å². The van der Waals surface area contributed by atoms with E-state index < -0.39 is 10.0 Å². The number of hydrogen-bond donors (Lipinski definition) is 1. The Morgan fingerprint density at radius 2 is 1.48 bits per heavy atom. The molecule has 0 aliphatic heterocycles. The zero-order chi connectivity index (χ0) is 19.3. The van der Waals surface area contributed by atoms with Crippen molar-refractivity contribution in [3.8, 4) is 0 Å². The molecule has 2 aliphatic carbocycles. The first-order valence-electron chi connectivity index (χ1n) is 11.0. The maximum atomic E-state index is 13.1. The van der Waals surface area contributed by atoms with Crippen molar-refractivity contribution in [3.63, 3.8) is 0 Å². The molecule has 152 valence electrons. The van der Waals surface area contributed by atoms with Crippen molar-refractivity contribution < 1.29 is 8.42 Å². The number of hydrogen-bond acceptors (Lipinski definition) is 2. The van der Waals surface area contributed by atoms with Crippen LogP contribution in [0.5, 0.6) is 0 Å². The van der Waals surface area contributed by atoms with E-state index in [4.69, 9.17) is 0 Å². The van der Waals surface area contributed by atoms with E-state index in [1.54, 1.807) is 12.1 Å². The van der Waals surface area contributed by atoms with Gasteiger partial charge >= 0.3 is 0 Å². The minimum atomic E-state index is -3.46. The average molecular weight is 392 g/mol. The third-order valence-corrected chi connectivity index (χ3v) is 8.30. The normalized spacial score (nSPS) is 22.4. The topological polar surface area (TPSA) is 46.2 Å². The van der Waals surface area contributed by atoms with Gasteiger partial charge in [0.25, 0.3) is 0 Å². The predicted octanol–water partition coefficient (Wildman–Crippen LogP) is 5.83. The lowest BCUT2D eigenvalue weighted by Crippen LogP contribution is -2.45. The molecule has 3 nitrogen and oxygen atoms in total. The molecule has 0 bridgehead atoms. The highest BCUT2D eigenvalue weighted by Gasteiger charge is 2.33. The van der Waals surface area contributed by atoms with Gasteiger partial charge in [-0.05, 0) is 56.1 Å². The first-order chi connectivity index (χ1) is 13.0. The smallest absolute Gasteiger partial charge is 0.208 e. The van der Waals surface area contributed by atoms with Crippen LogP contribution in [0.1, 0.15) is 83.1 Å². The largest absolute Gasteiger partial charge is 0.240 e. The molecule has 0 spiro atoms. The fraction of sp³-hybridized carbons (Fsp3) is 0.739. The third-order valence-electron chi connectivity index (χ3n) is 6.82. The fourth-order valence-electron chi connectivity index (χ4n) is 5.23. The highest BCUT2D eigenvalue weighted by molar-refractivity contribution is 7.89. The molecule has 0 radical (unpaired) electrons. The van der Waals surface area contributed by atoms with Gasteiger partial charge in [0.1, 0.15) is 0 Å². The van der Waals surface area contributed by atoms with E-state index in [-0.39, 0.29) is 6.04 Å². The van der Waals surface area contributed by atoms with Gasteiger partial charge in [0.2, 0.25) is 10.0 Å². The van der Waals surface area contributed by atoms with Gasteiger partial charge in [-0.15, -0.1) is 0 Å². The molecule has 0 amide bonds. The lowest BCUT2D eigenvalue weighted by molar-refractivity contribution is 0.198. The van der Waals surface area contributed by atoms with E-state index in [0.29, 0.717) is 16.7 Å². The summed E-state index contributed by atoms with van der Waals surface area (Å²) in [4.78, 5) is 0.402. The molecular weight excluding hydrogens is 354 g/mol. The Morgan fingerprint density at radius 3 is 2.07 bits per heavy atom. The predicted molar refractivity (Wildman–Crippen MR) is 112 cm³/mol. The van der Waals surface area contributed by atoms with Gasteiger partial charge in [0, 0.05) is 6.04 Å². The van der Waals surface area contributed by atoms with E-state index in [1.807, 2.05) is 19.1 Å². The second kappa shape index (κ2) is 9.56. The zero-order valence-corrected chi connectivity index (χ0v) is 17.9. The van der Waals surface area contributed by atoms with Crippen molar-refractivity contribution in [2.75, 3.05) is 0 Å². The highest BCUT2D eigenvalue weighted by Crippen LogP contribution is 2.35. The maximum Gasteiger partial charge on any atom is 0.240 e. The molecular formula is C23H37NO2S. The number of sulfonamides is 1. The van der Waals surface area contributed by atoms with Crippen LogP contribution in [-0.4, -0.2) is 14.5 Å². The van der Waals surface area contributed by atoms with Crippen LogP contribution in [-0.2, 0) is 10.0 Å². The Kier molecular flexibility index (Phi) is 7.38. The Bertz CT molecular complexity index is 671. The lowest BCUT2D eigenvalue weighted by atomic mass is 9.75. The van der Waals surface area contributed by atoms with Crippen LogP contribution in [0.4, 0.5) is 0 Å². The summed E-state index contributed by atoms with van der Waals surface area (Å²) in [5.41, 5.74) is 1.09. The minimum Gasteiger partial charge on any atom is -0.208 e. The van der Waals surface area contributed by atoms with Gasteiger partial charge in [-0.25, -0.2) is 13.1 Å². The summed E-state index contributed by atoms with van der Waals surface area (Å²) in [7, 11) is -3.46. The first-order valence-corrected chi connectivity index (χ1v) is 12.5. The van der Waals surface area contributed by atoms with Crippen molar-refractivity contribution in [1.29, 1.82) is 0 Å². The van der Waals surface area contributed by atoms with Gasteiger partial charge < -0.3 is 0 Å². The minimum absolute atomic E-state index is 0.0681. The van der Waals surface area contributed by atoms with Crippen molar-refractivity contribution in [2.24, 2.45) is 17.8 Å². The molecule has 1 aromatic carbocycles. The molecule has 2 saturated carbocycles. The summed E-state index contributed by atoms with van der Waals surface area (Å²) in [6.45, 7) is 4.27. The average Bonchev–Trinajstić information content (AvgIpc) is 2.68. The quantitative estimate of drug-likeness (QED) is 0.636. The molecule has 0 aromatic heterocycles. The van der Waals surface area contributed by atoms with Crippen molar-refractivity contribution in [2.45, 2.75) is 95.4 Å². The molecule has 3 rings (SSSR count). The van der Waals surface area contributed by atoms with Gasteiger partial charge in [0.15, 0.2) is 0 Å². The lowest BCUT2D eigenvalue weighted by Gasteiger charge is -2.36. The molecule has 2 atom stereocenters. The van der Waals surface area contributed by atoms with Crippen molar-refractivity contribution >= 4 is 10.0 Å². The van der Waals surface area contributed by atoms with E-state index in [0.717, 1.165) is 30.7 Å². The SMILES string of the molecule is Cc1ccc(S(=O)(=O)NC(C(C)CC2CCCCC2)C2CCCCC2)cc1. The summed E-state index contributed by atoms with van der Waals surface area (Å²) in [5.74, 6) is 1.66. The maximum absolute atomic E-state index is 13.1. The monoisotopic (exact) mass is 391 g/mol. The molecule has 1 N–H and O–H groups in total. The zero-order valence-electron chi connectivity index (χ0n) is 17.1. The van der Waals surface area contributed by atoms with Crippen LogP contribution < -0.4 is 4.72 Å². The van der Waals surface area contributed by atoms with Crippen LogP contribution in [0.3, 0.4) is 0 Å². The summed E-state index contributed by atoms with van der Waals surface area (Å²) in [6.07, 6.45) is 14.0. The second-order valence-electron chi connectivity index (χ2n) is 9.08. The first kappa shape index (κ1) is 20.9. The highest BCUT2D eigenvalue weighted by atomic mass is 32.2. The number of nitrogens with one attached hydrogen (secondary N) is 1. The van der Waals surface area contributed by atoms with E-state index in [9.17, 15) is 8.42 Å². The summed E-state index contributed by atoms with van der Waals surface area (Å²) < 4.78 is 29.3. The molecule has 2 unspecified atom stereocenters. The van der Waals surface area contributed by atoms with Crippen molar-refractivity contribution in [1.82, 2.24) is 4.72 Å². The van der Waals surface area contributed by atoms with Crippen LogP contribution in [0, 0.1) is 24.7 Å². The number of rotatable bonds is 7. The van der Waals surface area contributed by atoms with E-state index >= 15 is 0 Å². The Morgan fingerprint density at radius 1 is 0.926 bits per heavy atom. The fourth-order valence-corrected chi connectivity index (χ4v) is 6.64. The summed E-state index contributed by atoms with van der Waals surface area (Å²) in [6, 6.07) is 7.31. The van der Waals surface area contributed by atoms with Crippen LogP contribution >= 0.6 is 0 Å². The van der Waals surface area contributed by atoms with E-state index in [2.05, 4.69) is 11.6 Å². The molecule has 4 heteroatoms. The molecule has 27 heavy (non-hydrogen) atoms. The molecule has 0 heterocycles. The molecule has 1 aromatic rings. The molecule has 2 fully saturated rings. The van der Waals surface area contributed by atoms with Gasteiger partial charge in [-0.2, -0.15) is 0 Å². The second-order valence-corrected chi connectivity index (χ2v) is 10.8. The van der Waals surface area contributed by atoms with Crippen LogP contribution in [0.15, 0.2) is 29.2 Å². The number of benzene rings is 1. The van der Waals surface area contributed by atoms with Crippen molar-refractivity contribution in [3.05, 3.63) is 29.8 Å². The Labute approximate surface area is 166 Å². The third kappa shape index (κ3) is 5.80. The van der Waals surface area contributed by atoms with Gasteiger partial charge in [0.05, 0.1) is 4.90 Å². The van der Waals surface area contributed by atoms with Crippen LogP contribution in [0.25, 0.3) is 0 Å².